The molecular formula is C25H24ClN5O4. The number of ether oxygens (including phenoxy) is 1. The zero-order valence-corrected chi connectivity index (χ0v) is 19.9. The molecule has 10 heteroatoms. The van der Waals surface area contributed by atoms with E-state index in [0.717, 1.165) is 0 Å². The van der Waals surface area contributed by atoms with Gasteiger partial charge in [-0.25, -0.2) is 4.98 Å². The molecule has 9 nitrogen and oxygen atoms in total. The summed E-state index contributed by atoms with van der Waals surface area (Å²) in [5, 5.41) is 16.2. The van der Waals surface area contributed by atoms with Crippen molar-refractivity contribution >= 4 is 28.5 Å². The van der Waals surface area contributed by atoms with E-state index in [4.69, 9.17) is 16.3 Å². The second-order valence-electron chi connectivity index (χ2n) is 8.78. The lowest BCUT2D eigenvalue weighted by Gasteiger charge is -2.38. The molecule has 35 heavy (non-hydrogen) atoms. The third-order valence-electron chi connectivity index (χ3n) is 6.30. The van der Waals surface area contributed by atoms with E-state index < -0.39 is 5.60 Å². The number of piperidine rings is 1. The maximum Gasteiger partial charge on any atom is 0.264 e. The van der Waals surface area contributed by atoms with Crippen molar-refractivity contribution in [2.45, 2.75) is 25.0 Å². The molecule has 1 aliphatic heterocycles. The number of fused-ring (bicyclic) bond motifs is 1. The maximum absolute atomic E-state index is 13.0. The van der Waals surface area contributed by atoms with Crippen LogP contribution >= 0.6 is 11.6 Å². The number of aryl methyl sites for hydroxylation is 1. The summed E-state index contributed by atoms with van der Waals surface area (Å²) in [6.07, 6.45) is 3.63. The van der Waals surface area contributed by atoms with Gasteiger partial charge in [-0.3, -0.25) is 18.8 Å². The number of carbonyl (C=O) groups excluding carboxylic acids is 1. The Hall–Kier alpha value is -3.69. The van der Waals surface area contributed by atoms with Gasteiger partial charge in [-0.1, -0.05) is 17.7 Å². The zero-order chi connectivity index (χ0) is 24.6. The van der Waals surface area contributed by atoms with Gasteiger partial charge in [0, 0.05) is 30.7 Å². The number of aromatic nitrogens is 4. The van der Waals surface area contributed by atoms with Crippen LogP contribution in [0.4, 0.5) is 0 Å². The van der Waals surface area contributed by atoms with E-state index in [1.54, 1.807) is 60.5 Å². The summed E-state index contributed by atoms with van der Waals surface area (Å²) in [6, 6.07) is 14.0. The Morgan fingerprint density at radius 3 is 2.60 bits per heavy atom. The second-order valence-corrected chi connectivity index (χ2v) is 9.22. The standard InChI is InChI=1S/C25H24ClN5O4/c1-29-22-21(14-28-29)24(33)31(16-27-22)15-25(34)9-11-30(12-10-25)23(32)17-5-7-19(8-6-17)35-20-4-2-3-18(26)13-20/h2-8,13-14,16,34H,9-12,15H2,1H3. The summed E-state index contributed by atoms with van der Waals surface area (Å²) in [5.74, 6) is 1.10. The highest BCUT2D eigenvalue weighted by Crippen LogP contribution is 2.27. The van der Waals surface area contributed by atoms with Crippen LogP contribution in [0.2, 0.25) is 5.02 Å². The van der Waals surface area contributed by atoms with Gasteiger partial charge in [0.2, 0.25) is 0 Å². The van der Waals surface area contributed by atoms with Gasteiger partial charge in [-0.2, -0.15) is 5.10 Å². The van der Waals surface area contributed by atoms with Crippen LogP contribution in [0.1, 0.15) is 23.2 Å². The Morgan fingerprint density at radius 2 is 1.89 bits per heavy atom. The first-order chi connectivity index (χ1) is 16.8. The van der Waals surface area contributed by atoms with Gasteiger partial charge >= 0.3 is 0 Å². The summed E-state index contributed by atoms with van der Waals surface area (Å²) >= 11 is 5.99. The first-order valence-corrected chi connectivity index (χ1v) is 11.6. The molecular weight excluding hydrogens is 470 g/mol. The van der Waals surface area contributed by atoms with Crippen molar-refractivity contribution in [3.05, 3.63) is 82.0 Å². The third kappa shape index (κ3) is 4.78. The van der Waals surface area contributed by atoms with Gasteiger partial charge < -0.3 is 14.7 Å². The Labute approximate surface area is 206 Å². The lowest BCUT2D eigenvalue weighted by atomic mass is 9.91. The van der Waals surface area contributed by atoms with Crippen molar-refractivity contribution < 1.29 is 14.6 Å². The molecule has 0 bridgehead atoms. The highest BCUT2D eigenvalue weighted by molar-refractivity contribution is 6.30. The molecule has 1 N–H and O–H groups in total. The van der Waals surface area contributed by atoms with E-state index in [-0.39, 0.29) is 18.0 Å². The fraction of sp³-hybridized carbons (Fsp3) is 0.280. The van der Waals surface area contributed by atoms with Gasteiger partial charge in [0.15, 0.2) is 5.65 Å². The number of rotatable bonds is 5. The fourth-order valence-electron chi connectivity index (χ4n) is 4.30. The van der Waals surface area contributed by atoms with Crippen LogP contribution in [0.5, 0.6) is 11.5 Å². The number of hydrogen-bond donors (Lipinski definition) is 1. The second kappa shape index (κ2) is 9.16. The minimum Gasteiger partial charge on any atom is -0.457 e. The van der Waals surface area contributed by atoms with E-state index in [1.165, 1.54) is 21.8 Å². The lowest BCUT2D eigenvalue weighted by Crippen LogP contribution is -2.49. The summed E-state index contributed by atoms with van der Waals surface area (Å²) in [7, 11) is 1.72. The highest BCUT2D eigenvalue weighted by atomic mass is 35.5. The maximum atomic E-state index is 13.0. The molecule has 1 saturated heterocycles. The molecule has 0 atom stereocenters. The largest absolute Gasteiger partial charge is 0.457 e. The van der Waals surface area contributed by atoms with Crippen LogP contribution in [-0.4, -0.2) is 53.9 Å². The molecule has 2 aromatic carbocycles. The van der Waals surface area contributed by atoms with Crippen molar-refractivity contribution in [1.29, 1.82) is 0 Å². The number of aliphatic hydroxyl groups is 1. The monoisotopic (exact) mass is 493 g/mol. The average Bonchev–Trinajstić information content (AvgIpc) is 3.23. The average molecular weight is 494 g/mol. The smallest absolute Gasteiger partial charge is 0.264 e. The molecule has 0 spiro atoms. The minimum atomic E-state index is -1.10. The number of nitrogens with zero attached hydrogens (tertiary/aromatic N) is 5. The number of carbonyl (C=O) groups is 1. The molecule has 4 aromatic rings. The molecule has 1 amide bonds. The van der Waals surface area contributed by atoms with Crippen molar-refractivity contribution in [3.63, 3.8) is 0 Å². The van der Waals surface area contributed by atoms with Crippen molar-refractivity contribution in [2.75, 3.05) is 13.1 Å². The van der Waals surface area contributed by atoms with Crippen LogP contribution in [0.3, 0.4) is 0 Å². The van der Waals surface area contributed by atoms with E-state index in [1.807, 2.05) is 0 Å². The first-order valence-electron chi connectivity index (χ1n) is 11.2. The molecule has 0 unspecified atom stereocenters. The van der Waals surface area contributed by atoms with Gasteiger partial charge in [0.05, 0.1) is 18.3 Å². The lowest BCUT2D eigenvalue weighted by molar-refractivity contribution is -0.0299. The van der Waals surface area contributed by atoms with Gasteiger partial charge in [-0.15, -0.1) is 0 Å². The van der Waals surface area contributed by atoms with E-state index in [9.17, 15) is 14.7 Å². The Balaban J connectivity index is 1.21. The van der Waals surface area contributed by atoms with Crippen LogP contribution in [0.15, 0.2) is 65.8 Å². The Bertz CT molecular complexity index is 1440. The number of halogens is 1. The van der Waals surface area contributed by atoms with Crippen LogP contribution < -0.4 is 10.3 Å². The van der Waals surface area contributed by atoms with E-state index in [0.29, 0.717) is 59.0 Å². The molecule has 5 rings (SSSR count). The predicted molar refractivity (Wildman–Crippen MR) is 131 cm³/mol. The molecule has 0 radical (unpaired) electrons. The summed E-state index contributed by atoms with van der Waals surface area (Å²) < 4.78 is 8.73. The number of likely N-dealkylation sites (tertiary alicyclic amines) is 1. The molecule has 180 valence electrons. The normalized spacial score (nSPS) is 15.3. The SMILES string of the molecule is Cn1ncc2c(=O)n(CC3(O)CCN(C(=O)c4ccc(Oc5cccc(Cl)c5)cc4)CC3)cnc21. The summed E-state index contributed by atoms with van der Waals surface area (Å²) in [6.45, 7) is 0.877. The van der Waals surface area contributed by atoms with Crippen LogP contribution in [-0.2, 0) is 13.6 Å². The highest BCUT2D eigenvalue weighted by Gasteiger charge is 2.35. The molecule has 0 aliphatic carbocycles. The van der Waals surface area contributed by atoms with Crippen LogP contribution in [0.25, 0.3) is 11.0 Å². The fourth-order valence-corrected chi connectivity index (χ4v) is 4.48. The van der Waals surface area contributed by atoms with Gasteiger partial charge in [0.1, 0.15) is 23.2 Å². The number of benzene rings is 2. The summed E-state index contributed by atoms with van der Waals surface area (Å²) in [4.78, 5) is 31.8. The number of amides is 1. The van der Waals surface area contributed by atoms with E-state index in [2.05, 4.69) is 10.1 Å². The minimum absolute atomic E-state index is 0.112. The topological polar surface area (TPSA) is 102 Å². The first kappa shape index (κ1) is 23.1. The Kier molecular flexibility index (Phi) is 6.04. The zero-order valence-electron chi connectivity index (χ0n) is 19.1. The molecule has 3 heterocycles. The van der Waals surface area contributed by atoms with Crippen molar-refractivity contribution in [2.24, 2.45) is 7.05 Å². The molecule has 1 aliphatic rings. The number of hydrogen-bond acceptors (Lipinski definition) is 6. The van der Waals surface area contributed by atoms with Gasteiger partial charge in [0.25, 0.3) is 11.5 Å². The van der Waals surface area contributed by atoms with Gasteiger partial charge in [-0.05, 0) is 55.3 Å². The molecule has 1 fully saturated rings. The molecule has 2 aromatic heterocycles. The van der Waals surface area contributed by atoms with Crippen molar-refractivity contribution in [1.82, 2.24) is 24.2 Å². The predicted octanol–water partition coefficient (Wildman–Crippen LogP) is 3.24. The Morgan fingerprint density at radius 1 is 1.14 bits per heavy atom. The third-order valence-corrected chi connectivity index (χ3v) is 6.53. The quantitative estimate of drug-likeness (QED) is 0.458. The van der Waals surface area contributed by atoms with E-state index >= 15 is 0 Å². The van der Waals surface area contributed by atoms with Crippen LogP contribution in [0, 0.1) is 0 Å². The summed E-state index contributed by atoms with van der Waals surface area (Å²) in [5.41, 5.74) is -0.304. The van der Waals surface area contributed by atoms with Crippen molar-refractivity contribution in [3.8, 4) is 11.5 Å². The molecule has 0 saturated carbocycles.